The Balaban J connectivity index is 3.89. The monoisotopic (exact) mass is 376 g/mol. The van der Waals surface area contributed by atoms with Crippen molar-refractivity contribution in [2.75, 3.05) is 31.3 Å². The van der Waals surface area contributed by atoms with Gasteiger partial charge in [0.25, 0.3) is 0 Å². The number of hydrogen-bond acceptors (Lipinski definition) is 5. The first-order valence-corrected chi connectivity index (χ1v) is 9.75. The number of amides is 2. The fraction of sp³-hybridized carbons (Fsp3) is 0.824. The van der Waals surface area contributed by atoms with E-state index in [-0.39, 0.29) is 30.3 Å². The van der Waals surface area contributed by atoms with Gasteiger partial charge in [0.2, 0.25) is 11.8 Å². The van der Waals surface area contributed by atoms with E-state index in [4.69, 9.17) is 4.74 Å². The molecule has 7 nitrogen and oxygen atoms in total. The van der Waals surface area contributed by atoms with Gasteiger partial charge in [0.05, 0.1) is 13.2 Å². The number of carbonyl (C=O) groups is 3. The van der Waals surface area contributed by atoms with E-state index < -0.39 is 12.0 Å². The van der Waals surface area contributed by atoms with Gasteiger partial charge in [-0.25, -0.2) is 4.79 Å². The molecular weight excluding hydrogens is 344 g/mol. The lowest BCUT2D eigenvalue weighted by molar-refractivity contribution is -0.141. The number of thioether (sulfide) groups is 1. The van der Waals surface area contributed by atoms with Gasteiger partial charge in [0, 0.05) is 25.1 Å². The number of nitrogens with one attached hydrogen (secondary N) is 2. The van der Waals surface area contributed by atoms with Crippen molar-refractivity contribution in [2.24, 2.45) is 5.41 Å². The van der Waals surface area contributed by atoms with E-state index in [1.54, 1.807) is 0 Å². The van der Waals surface area contributed by atoms with Gasteiger partial charge in [-0.15, -0.1) is 0 Å². The SMILES string of the molecule is CCCC(=O)NCCOCCC(=O)N[C@@H](CSCC(C)(C)C)C(=O)O. The molecular formula is C17H32N2O5S. The van der Waals surface area contributed by atoms with E-state index in [1.807, 2.05) is 6.92 Å². The minimum atomic E-state index is -1.03. The van der Waals surface area contributed by atoms with Crippen LogP contribution in [0.5, 0.6) is 0 Å². The first kappa shape index (κ1) is 23.7. The Bertz CT molecular complexity index is 424. The molecule has 146 valence electrons. The molecule has 0 rings (SSSR count). The lowest BCUT2D eigenvalue weighted by Crippen LogP contribution is -2.43. The highest BCUT2D eigenvalue weighted by molar-refractivity contribution is 7.99. The van der Waals surface area contributed by atoms with Crippen molar-refractivity contribution >= 4 is 29.5 Å². The molecule has 0 aliphatic rings. The number of aliphatic carboxylic acids is 1. The molecule has 0 spiro atoms. The normalized spacial score (nSPS) is 12.5. The molecule has 1 atom stereocenters. The molecule has 0 aromatic carbocycles. The summed E-state index contributed by atoms with van der Waals surface area (Å²) in [7, 11) is 0. The Morgan fingerprint density at radius 3 is 2.36 bits per heavy atom. The maximum Gasteiger partial charge on any atom is 0.327 e. The Morgan fingerprint density at radius 2 is 1.80 bits per heavy atom. The molecule has 0 aliphatic carbocycles. The third-order valence-corrected chi connectivity index (χ3v) is 4.61. The molecule has 2 amide bonds. The molecule has 0 unspecified atom stereocenters. The van der Waals surface area contributed by atoms with Crippen LogP contribution in [0, 0.1) is 5.41 Å². The second-order valence-electron chi connectivity index (χ2n) is 7.00. The zero-order valence-corrected chi connectivity index (χ0v) is 16.5. The second-order valence-corrected chi connectivity index (χ2v) is 8.03. The first-order chi connectivity index (χ1) is 11.7. The van der Waals surface area contributed by atoms with Gasteiger partial charge in [-0.1, -0.05) is 27.7 Å². The van der Waals surface area contributed by atoms with Crippen LogP contribution in [0.3, 0.4) is 0 Å². The molecule has 0 aromatic heterocycles. The van der Waals surface area contributed by atoms with Crippen molar-refractivity contribution in [3.8, 4) is 0 Å². The van der Waals surface area contributed by atoms with E-state index in [1.165, 1.54) is 11.8 Å². The van der Waals surface area contributed by atoms with Crippen molar-refractivity contribution < 1.29 is 24.2 Å². The topological polar surface area (TPSA) is 105 Å². The van der Waals surface area contributed by atoms with Crippen molar-refractivity contribution in [1.29, 1.82) is 0 Å². The minimum Gasteiger partial charge on any atom is -0.480 e. The number of hydrogen-bond donors (Lipinski definition) is 3. The highest BCUT2D eigenvalue weighted by Gasteiger charge is 2.21. The Morgan fingerprint density at radius 1 is 1.12 bits per heavy atom. The summed E-state index contributed by atoms with van der Waals surface area (Å²) < 4.78 is 5.27. The van der Waals surface area contributed by atoms with Gasteiger partial charge in [0.15, 0.2) is 0 Å². The molecule has 0 fully saturated rings. The largest absolute Gasteiger partial charge is 0.480 e. The number of rotatable bonds is 13. The van der Waals surface area contributed by atoms with Crippen LogP contribution < -0.4 is 10.6 Å². The number of carboxylic acids is 1. The maximum atomic E-state index is 11.8. The van der Waals surface area contributed by atoms with Gasteiger partial charge >= 0.3 is 5.97 Å². The molecule has 3 N–H and O–H groups in total. The third-order valence-electron chi connectivity index (χ3n) is 2.97. The summed E-state index contributed by atoms with van der Waals surface area (Å²) in [6.45, 7) is 9.09. The third kappa shape index (κ3) is 14.7. The van der Waals surface area contributed by atoms with Crippen LogP contribution in [-0.4, -0.2) is 60.2 Å². The zero-order chi connectivity index (χ0) is 19.3. The average molecular weight is 377 g/mol. The smallest absolute Gasteiger partial charge is 0.327 e. The standard InChI is InChI=1S/C17H32N2O5S/c1-5-6-14(20)18-8-10-24-9-7-15(21)19-13(16(22)23)11-25-12-17(2,3)4/h13H,5-12H2,1-4H3,(H,18,20)(H,19,21)(H,22,23)/t13-/m0/s1. The summed E-state index contributed by atoms with van der Waals surface area (Å²) in [4.78, 5) is 34.3. The van der Waals surface area contributed by atoms with Crippen molar-refractivity contribution in [3.63, 3.8) is 0 Å². The highest BCUT2D eigenvalue weighted by atomic mass is 32.2. The predicted molar refractivity (Wildman–Crippen MR) is 99.7 cm³/mol. The summed E-state index contributed by atoms with van der Waals surface area (Å²) in [5.41, 5.74) is 0.109. The summed E-state index contributed by atoms with van der Waals surface area (Å²) in [5, 5.41) is 14.4. The highest BCUT2D eigenvalue weighted by Crippen LogP contribution is 2.20. The van der Waals surface area contributed by atoms with Crippen LogP contribution in [0.2, 0.25) is 0 Å². The van der Waals surface area contributed by atoms with Gasteiger partial charge in [-0.3, -0.25) is 9.59 Å². The van der Waals surface area contributed by atoms with E-state index in [2.05, 4.69) is 31.4 Å². The summed E-state index contributed by atoms with van der Waals surface area (Å²) in [5.74, 6) is -0.240. The number of ether oxygens (including phenoxy) is 1. The van der Waals surface area contributed by atoms with Crippen molar-refractivity contribution in [3.05, 3.63) is 0 Å². The van der Waals surface area contributed by atoms with Crippen LogP contribution in [0.15, 0.2) is 0 Å². The predicted octanol–water partition coefficient (Wildman–Crippen LogP) is 1.66. The van der Waals surface area contributed by atoms with E-state index in [0.29, 0.717) is 25.3 Å². The first-order valence-electron chi connectivity index (χ1n) is 8.60. The molecule has 0 aliphatic heterocycles. The Labute approximate surface area is 154 Å². The summed E-state index contributed by atoms with van der Waals surface area (Å²) in [6.07, 6.45) is 1.38. The molecule has 8 heteroatoms. The minimum absolute atomic E-state index is 0.0131. The number of carboxylic acid groups (broad SMARTS) is 1. The Hall–Kier alpha value is -1.28. The van der Waals surface area contributed by atoms with Crippen LogP contribution >= 0.6 is 11.8 Å². The Kier molecular flexibility index (Phi) is 12.3. The quantitative estimate of drug-likeness (QED) is 0.422. The fourth-order valence-corrected chi connectivity index (χ4v) is 2.96. The molecule has 0 radical (unpaired) electrons. The summed E-state index contributed by atoms with van der Waals surface area (Å²) in [6, 6.07) is -0.895. The molecule has 0 saturated heterocycles. The molecule has 0 saturated carbocycles. The van der Waals surface area contributed by atoms with Gasteiger partial charge in [0.1, 0.15) is 6.04 Å². The van der Waals surface area contributed by atoms with E-state index >= 15 is 0 Å². The van der Waals surface area contributed by atoms with Crippen molar-refractivity contribution in [2.45, 2.75) is 53.0 Å². The fourth-order valence-electron chi connectivity index (χ4n) is 1.77. The van der Waals surface area contributed by atoms with Crippen LogP contribution in [0.4, 0.5) is 0 Å². The zero-order valence-electron chi connectivity index (χ0n) is 15.7. The van der Waals surface area contributed by atoms with E-state index in [0.717, 1.165) is 12.2 Å². The molecule has 25 heavy (non-hydrogen) atoms. The maximum absolute atomic E-state index is 11.8. The van der Waals surface area contributed by atoms with E-state index in [9.17, 15) is 19.5 Å². The summed E-state index contributed by atoms with van der Waals surface area (Å²) >= 11 is 1.51. The van der Waals surface area contributed by atoms with Gasteiger partial charge in [-0.05, 0) is 17.6 Å². The van der Waals surface area contributed by atoms with Crippen LogP contribution in [0.25, 0.3) is 0 Å². The second kappa shape index (κ2) is 13.0. The number of carbonyl (C=O) groups excluding carboxylic acids is 2. The van der Waals surface area contributed by atoms with Gasteiger partial charge < -0.3 is 20.5 Å². The van der Waals surface area contributed by atoms with Gasteiger partial charge in [-0.2, -0.15) is 11.8 Å². The molecule has 0 bridgehead atoms. The lowest BCUT2D eigenvalue weighted by atomic mass is 10.0. The van der Waals surface area contributed by atoms with Crippen molar-refractivity contribution in [1.82, 2.24) is 10.6 Å². The molecule has 0 aromatic rings. The molecule has 0 heterocycles. The van der Waals surface area contributed by atoms with Crippen LogP contribution in [0.1, 0.15) is 47.0 Å². The average Bonchev–Trinajstić information content (AvgIpc) is 2.48. The van der Waals surface area contributed by atoms with Crippen LogP contribution in [-0.2, 0) is 19.1 Å². The lowest BCUT2D eigenvalue weighted by Gasteiger charge is -2.19.